The molecule has 0 aliphatic heterocycles. The number of aromatic nitrogens is 1. The lowest BCUT2D eigenvalue weighted by Gasteiger charge is -2.17. The van der Waals surface area contributed by atoms with E-state index in [1.54, 1.807) is 25.1 Å². The number of benzene rings is 2. The molecule has 0 unspecified atom stereocenters. The van der Waals surface area contributed by atoms with Crippen molar-refractivity contribution in [2.45, 2.75) is 6.54 Å². The summed E-state index contributed by atoms with van der Waals surface area (Å²) in [5.41, 5.74) is 2.33. The standard InChI is InChI=1S/C19H18N2O2/c1-21(13-14-7-10-16(23-2)11-8-14)19(22)18-12-9-15-5-3-4-6-17(15)20-18/h3-12H,13H2,1-2H3. The lowest BCUT2D eigenvalue weighted by Crippen LogP contribution is -2.27. The van der Waals surface area contributed by atoms with Gasteiger partial charge in [0, 0.05) is 19.0 Å². The van der Waals surface area contributed by atoms with Crippen LogP contribution >= 0.6 is 0 Å². The Balaban J connectivity index is 1.77. The third-order valence-electron chi connectivity index (χ3n) is 3.74. The maximum atomic E-state index is 12.6. The summed E-state index contributed by atoms with van der Waals surface area (Å²) in [6.45, 7) is 0.525. The van der Waals surface area contributed by atoms with E-state index in [0.29, 0.717) is 12.2 Å². The summed E-state index contributed by atoms with van der Waals surface area (Å²) in [6, 6.07) is 19.2. The molecule has 0 radical (unpaired) electrons. The second-order valence-electron chi connectivity index (χ2n) is 5.40. The van der Waals surface area contributed by atoms with Crippen LogP contribution in [-0.4, -0.2) is 29.9 Å². The number of ether oxygens (including phenoxy) is 1. The molecular weight excluding hydrogens is 288 g/mol. The number of para-hydroxylation sites is 1. The molecule has 23 heavy (non-hydrogen) atoms. The van der Waals surface area contributed by atoms with Gasteiger partial charge in [-0.2, -0.15) is 0 Å². The van der Waals surface area contributed by atoms with Crippen molar-refractivity contribution in [2.24, 2.45) is 0 Å². The number of rotatable bonds is 4. The van der Waals surface area contributed by atoms with Crippen molar-refractivity contribution in [1.82, 2.24) is 9.88 Å². The molecule has 0 atom stereocenters. The number of amides is 1. The number of hydrogen-bond donors (Lipinski definition) is 0. The largest absolute Gasteiger partial charge is 0.497 e. The zero-order valence-electron chi connectivity index (χ0n) is 13.2. The minimum atomic E-state index is -0.0911. The van der Waals surface area contributed by atoms with Crippen molar-refractivity contribution in [3.05, 3.63) is 71.9 Å². The van der Waals surface area contributed by atoms with E-state index in [0.717, 1.165) is 22.2 Å². The molecular formula is C19H18N2O2. The molecule has 0 N–H and O–H groups in total. The molecule has 0 spiro atoms. The molecule has 2 aromatic carbocycles. The molecule has 0 aliphatic carbocycles. The minimum Gasteiger partial charge on any atom is -0.497 e. The third-order valence-corrected chi connectivity index (χ3v) is 3.74. The number of methoxy groups -OCH3 is 1. The first-order valence-electron chi connectivity index (χ1n) is 7.41. The highest BCUT2D eigenvalue weighted by molar-refractivity contribution is 5.94. The first kappa shape index (κ1) is 15.0. The SMILES string of the molecule is COc1ccc(CN(C)C(=O)c2ccc3ccccc3n2)cc1. The molecule has 4 heteroatoms. The van der Waals surface area contributed by atoms with Gasteiger partial charge in [-0.25, -0.2) is 4.98 Å². The van der Waals surface area contributed by atoms with E-state index in [1.807, 2.05) is 54.6 Å². The fourth-order valence-electron chi connectivity index (χ4n) is 2.46. The Morgan fingerprint density at radius 3 is 2.52 bits per heavy atom. The van der Waals surface area contributed by atoms with E-state index >= 15 is 0 Å². The zero-order chi connectivity index (χ0) is 16.2. The minimum absolute atomic E-state index is 0.0911. The summed E-state index contributed by atoms with van der Waals surface area (Å²) < 4.78 is 5.14. The van der Waals surface area contributed by atoms with Gasteiger partial charge >= 0.3 is 0 Å². The average Bonchev–Trinajstić information content (AvgIpc) is 2.61. The van der Waals surface area contributed by atoms with Gasteiger partial charge in [0.05, 0.1) is 12.6 Å². The number of fused-ring (bicyclic) bond motifs is 1. The first-order valence-corrected chi connectivity index (χ1v) is 7.41. The van der Waals surface area contributed by atoms with Gasteiger partial charge in [-0.15, -0.1) is 0 Å². The van der Waals surface area contributed by atoms with Gasteiger partial charge in [0.1, 0.15) is 11.4 Å². The van der Waals surface area contributed by atoms with Gasteiger partial charge in [0.15, 0.2) is 0 Å². The Kier molecular flexibility index (Phi) is 4.24. The topological polar surface area (TPSA) is 42.4 Å². The van der Waals surface area contributed by atoms with Crippen molar-refractivity contribution < 1.29 is 9.53 Å². The van der Waals surface area contributed by atoms with Crippen LogP contribution in [0, 0.1) is 0 Å². The Labute approximate surface area is 135 Å². The summed E-state index contributed by atoms with van der Waals surface area (Å²) in [6.07, 6.45) is 0. The van der Waals surface area contributed by atoms with Gasteiger partial charge < -0.3 is 9.64 Å². The number of pyridine rings is 1. The van der Waals surface area contributed by atoms with Gasteiger partial charge in [0.2, 0.25) is 0 Å². The molecule has 1 heterocycles. The van der Waals surface area contributed by atoms with Crippen LogP contribution < -0.4 is 4.74 Å². The molecule has 3 rings (SSSR count). The fraction of sp³-hybridized carbons (Fsp3) is 0.158. The summed E-state index contributed by atoms with van der Waals surface area (Å²) in [4.78, 5) is 18.7. The Morgan fingerprint density at radius 2 is 1.78 bits per heavy atom. The molecule has 3 aromatic rings. The van der Waals surface area contributed by atoms with Gasteiger partial charge in [-0.1, -0.05) is 36.4 Å². The van der Waals surface area contributed by atoms with E-state index in [4.69, 9.17) is 4.74 Å². The number of hydrogen-bond acceptors (Lipinski definition) is 3. The van der Waals surface area contributed by atoms with Crippen LogP contribution in [0.15, 0.2) is 60.7 Å². The molecule has 4 nitrogen and oxygen atoms in total. The molecule has 0 fully saturated rings. The first-order chi connectivity index (χ1) is 11.2. The molecule has 0 saturated carbocycles. The van der Waals surface area contributed by atoms with Crippen molar-refractivity contribution in [1.29, 1.82) is 0 Å². The van der Waals surface area contributed by atoms with Crippen molar-refractivity contribution in [2.75, 3.05) is 14.2 Å². The summed E-state index contributed by atoms with van der Waals surface area (Å²) in [7, 11) is 3.42. The highest BCUT2D eigenvalue weighted by atomic mass is 16.5. The normalized spacial score (nSPS) is 10.5. The van der Waals surface area contributed by atoms with Crippen LogP contribution in [0.4, 0.5) is 0 Å². The zero-order valence-corrected chi connectivity index (χ0v) is 13.2. The van der Waals surface area contributed by atoms with Crippen LogP contribution in [0.1, 0.15) is 16.1 Å². The quantitative estimate of drug-likeness (QED) is 0.740. The molecule has 1 amide bonds. The maximum Gasteiger partial charge on any atom is 0.272 e. The van der Waals surface area contributed by atoms with E-state index in [2.05, 4.69) is 4.98 Å². The van der Waals surface area contributed by atoms with Gasteiger partial charge in [-0.05, 0) is 29.8 Å². The molecule has 0 aliphatic rings. The van der Waals surface area contributed by atoms with Gasteiger partial charge in [-0.3, -0.25) is 4.79 Å². The smallest absolute Gasteiger partial charge is 0.272 e. The number of nitrogens with zero attached hydrogens (tertiary/aromatic N) is 2. The van der Waals surface area contributed by atoms with Crippen molar-refractivity contribution in [3.63, 3.8) is 0 Å². The second kappa shape index (κ2) is 6.48. The summed E-state index contributed by atoms with van der Waals surface area (Å²) >= 11 is 0. The lowest BCUT2D eigenvalue weighted by atomic mass is 10.2. The van der Waals surface area contributed by atoms with E-state index in [-0.39, 0.29) is 5.91 Å². The van der Waals surface area contributed by atoms with Gasteiger partial charge in [0.25, 0.3) is 5.91 Å². The van der Waals surface area contributed by atoms with Crippen molar-refractivity contribution >= 4 is 16.8 Å². The lowest BCUT2D eigenvalue weighted by molar-refractivity contribution is 0.0779. The molecule has 116 valence electrons. The predicted molar refractivity (Wildman–Crippen MR) is 90.5 cm³/mol. The highest BCUT2D eigenvalue weighted by Crippen LogP contribution is 2.15. The van der Waals surface area contributed by atoms with Crippen LogP contribution in [0.3, 0.4) is 0 Å². The third kappa shape index (κ3) is 3.31. The monoisotopic (exact) mass is 306 g/mol. The fourth-order valence-corrected chi connectivity index (χ4v) is 2.46. The summed E-state index contributed by atoms with van der Waals surface area (Å²) in [5, 5.41) is 1.03. The maximum absolute atomic E-state index is 12.6. The van der Waals surface area contributed by atoms with Crippen LogP contribution in [-0.2, 0) is 6.54 Å². The average molecular weight is 306 g/mol. The summed E-state index contributed by atoms with van der Waals surface area (Å²) in [5.74, 6) is 0.713. The van der Waals surface area contributed by atoms with E-state index in [9.17, 15) is 4.79 Å². The highest BCUT2D eigenvalue weighted by Gasteiger charge is 2.14. The molecule has 1 aromatic heterocycles. The number of carbonyl (C=O) groups excluding carboxylic acids is 1. The van der Waals surface area contributed by atoms with Crippen molar-refractivity contribution in [3.8, 4) is 5.75 Å². The van der Waals surface area contributed by atoms with E-state index in [1.165, 1.54) is 0 Å². The second-order valence-corrected chi connectivity index (χ2v) is 5.40. The molecule has 0 bridgehead atoms. The Morgan fingerprint density at radius 1 is 1.04 bits per heavy atom. The molecule has 0 saturated heterocycles. The Bertz CT molecular complexity index is 828. The number of carbonyl (C=O) groups is 1. The van der Waals surface area contributed by atoms with Crippen LogP contribution in [0.25, 0.3) is 10.9 Å². The van der Waals surface area contributed by atoms with Crippen LogP contribution in [0.5, 0.6) is 5.75 Å². The predicted octanol–water partition coefficient (Wildman–Crippen LogP) is 3.52. The van der Waals surface area contributed by atoms with E-state index < -0.39 is 0 Å². The van der Waals surface area contributed by atoms with Crippen LogP contribution in [0.2, 0.25) is 0 Å². The Hall–Kier alpha value is -2.88.